The largest absolute Gasteiger partial charge is 0.457 e. The van der Waals surface area contributed by atoms with Crippen LogP contribution in [-0.2, 0) is 29.2 Å². The number of ether oxygens (including phenoxy) is 1. The first-order valence-corrected chi connectivity index (χ1v) is 10.9. The summed E-state index contributed by atoms with van der Waals surface area (Å²) in [6, 6.07) is 19.9. The van der Waals surface area contributed by atoms with E-state index in [-0.39, 0.29) is 18.5 Å². The number of carbonyl (C=O) groups is 2. The van der Waals surface area contributed by atoms with Crippen molar-refractivity contribution in [1.29, 1.82) is 0 Å². The second-order valence-electron chi connectivity index (χ2n) is 8.64. The second kappa shape index (κ2) is 10.3. The maximum atomic E-state index is 12.4. The molecule has 0 aromatic heterocycles. The molecular formula is C28H31NO3. The normalized spacial score (nSPS) is 10.7. The zero-order chi connectivity index (χ0) is 23.3. The van der Waals surface area contributed by atoms with Crippen LogP contribution in [0.3, 0.4) is 0 Å². The highest BCUT2D eigenvalue weighted by atomic mass is 16.5. The van der Waals surface area contributed by atoms with Gasteiger partial charge in [-0.1, -0.05) is 70.8 Å². The first-order chi connectivity index (χ1) is 15.2. The summed E-state index contributed by atoms with van der Waals surface area (Å²) in [7, 11) is 0. The minimum absolute atomic E-state index is 0.0376. The molecule has 0 spiro atoms. The molecule has 0 radical (unpaired) electrons. The molecule has 0 heterocycles. The Labute approximate surface area is 190 Å². The Kier molecular flexibility index (Phi) is 7.47. The lowest BCUT2D eigenvalue weighted by Gasteiger charge is -2.22. The van der Waals surface area contributed by atoms with E-state index in [0.29, 0.717) is 18.7 Å². The predicted octanol–water partition coefficient (Wildman–Crippen LogP) is 5.83. The van der Waals surface area contributed by atoms with Crippen LogP contribution in [-0.4, -0.2) is 16.8 Å². The number of benzene rings is 3. The highest BCUT2D eigenvalue weighted by Crippen LogP contribution is 2.16. The van der Waals surface area contributed by atoms with Gasteiger partial charge in [0.05, 0.1) is 5.56 Å². The van der Waals surface area contributed by atoms with Crippen LogP contribution in [0.1, 0.15) is 56.2 Å². The number of amides is 1. The molecule has 0 aliphatic carbocycles. The van der Waals surface area contributed by atoms with E-state index in [1.54, 1.807) is 6.92 Å². The molecule has 0 N–H and O–H groups in total. The molecule has 3 aromatic rings. The molecule has 4 nitrogen and oxygen atoms in total. The van der Waals surface area contributed by atoms with Crippen LogP contribution in [0, 0.1) is 27.7 Å². The van der Waals surface area contributed by atoms with E-state index in [4.69, 9.17) is 4.74 Å². The summed E-state index contributed by atoms with van der Waals surface area (Å²) in [4.78, 5) is 26.4. The maximum Gasteiger partial charge on any atom is 0.338 e. The van der Waals surface area contributed by atoms with E-state index in [0.717, 1.165) is 27.8 Å². The highest BCUT2D eigenvalue weighted by molar-refractivity contribution is 5.89. The first kappa shape index (κ1) is 23.3. The molecule has 3 aromatic carbocycles. The van der Waals surface area contributed by atoms with Crippen LogP contribution in [0.25, 0.3) is 0 Å². The highest BCUT2D eigenvalue weighted by Gasteiger charge is 2.12. The van der Waals surface area contributed by atoms with Crippen molar-refractivity contribution in [2.24, 2.45) is 0 Å². The number of esters is 1. The van der Waals surface area contributed by atoms with Gasteiger partial charge in [-0.25, -0.2) is 4.79 Å². The zero-order valence-corrected chi connectivity index (χ0v) is 19.6. The summed E-state index contributed by atoms with van der Waals surface area (Å²) in [6.45, 7) is 11.0. The lowest BCUT2D eigenvalue weighted by Crippen LogP contribution is -2.27. The SMILES string of the molecule is CC(=O)N(Cc1ccc(COC(=O)c2cc(C)cc(C)c2)cc1)Cc1cc(C)cc(C)c1. The molecule has 0 aliphatic rings. The fourth-order valence-corrected chi connectivity index (χ4v) is 3.95. The summed E-state index contributed by atoms with van der Waals surface area (Å²) in [6.07, 6.45) is 0. The van der Waals surface area contributed by atoms with E-state index in [1.807, 2.05) is 61.2 Å². The Morgan fingerprint density at radius 1 is 0.688 bits per heavy atom. The Balaban J connectivity index is 1.61. The monoisotopic (exact) mass is 429 g/mol. The Morgan fingerprint density at radius 3 is 1.69 bits per heavy atom. The third-order valence-electron chi connectivity index (χ3n) is 5.32. The van der Waals surface area contributed by atoms with E-state index in [1.165, 1.54) is 11.1 Å². The summed E-state index contributed by atoms with van der Waals surface area (Å²) < 4.78 is 5.48. The molecular weight excluding hydrogens is 398 g/mol. The first-order valence-electron chi connectivity index (χ1n) is 10.9. The molecule has 166 valence electrons. The van der Waals surface area contributed by atoms with Crippen molar-refractivity contribution in [3.63, 3.8) is 0 Å². The molecule has 0 fully saturated rings. The number of nitrogens with zero attached hydrogens (tertiary/aromatic N) is 1. The zero-order valence-electron chi connectivity index (χ0n) is 19.6. The van der Waals surface area contributed by atoms with Crippen molar-refractivity contribution < 1.29 is 14.3 Å². The van der Waals surface area contributed by atoms with Crippen molar-refractivity contribution in [3.8, 4) is 0 Å². The van der Waals surface area contributed by atoms with Gasteiger partial charge in [0.25, 0.3) is 0 Å². The molecule has 0 unspecified atom stereocenters. The summed E-state index contributed by atoms with van der Waals surface area (Å²) in [5.41, 5.74) is 8.13. The number of hydrogen-bond acceptors (Lipinski definition) is 3. The van der Waals surface area contributed by atoms with Crippen molar-refractivity contribution >= 4 is 11.9 Å². The smallest absolute Gasteiger partial charge is 0.338 e. The van der Waals surface area contributed by atoms with Gasteiger partial charge >= 0.3 is 5.97 Å². The van der Waals surface area contributed by atoms with Gasteiger partial charge < -0.3 is 9.64 Å². The van der Waals surface area contributed by atoms with Gasteiger partial charge in [0.1, 0.15) is 6.61 Å². The fraction of sp³-hybridized carbons (Fsp3) is 0.286. The van der Waals surface area contributed by atoms with Crippen molar-refractivity contribution in [2.45, 2.75) is 54.3 Å². The van der Waals surface area contributed by atoms with Gasteiger partial charge in [-0.3, -0.25) is 4.79 Å². The van der Waals surface area contributed by atoms with Gasteiger partial charge in [0, 0.05) is 20.0 Å². The summed E-state index contributed by atoms with van der Waals surface area (Å²) >= 11 is 0. The molecule has 0 saturated carbocycles. The Hall–Kier alpha value is -3.40. The Bertz CT molecular complexity index is 1080. The molecule has 0 atom stereocenters. The van der Waals surface area contributed by atoms with E-state index in [9.17, 15) is 9.59 Å². The van der Waals surface area contributed by atoms with Crippen LogP contribution < -0.4 is 0 Å². The minimum atomic E-state index is -0.322. The topological polar surface area (TPSA) is 46.6 Å². The lowest BCUT2D eigenvalue weighted by molar-refractivity contribution is -0.130. The quantitative estimate of drug-likeness (QED) is 0.444. The van der Waals surface area contributed by atoms with Gasteiger partial charge in [-0.05, 0) is 56.5 Å². The van der Waals surface area contributed by atoms with Gasteiger partial charge in [-0.2, -0.15) is 0 Å². The number of rotatable bonds is 7. The van der Waals surface area contributed by atoms with Gasteiger partial charge in [0.2, 0.25) is 5.91 Å². The summed E-state index contributed by atoms with van der Waals surface area (Å²) in [5, 5.41) is 0. The number of aryl methyl sites for hydroxylation is 4. The molecule has 3 rings (SSSR count). The van der Waals surface area contributed by atoms with Crippen LogP contribution >= 0.6 is 0 Å². The van der Waals surface area contributed by atoms with Crippen LogP contribution in [0.15, 0.2) is 60.7 Å². The van der Waals surface area contributed by atoms with Gasteiger partial charge in [0.15, 0.2) is 0 Å². The summed E-state index contributed by atoms with van der Waals surface area (Å²) in [5.74, 6) is -0.285. The molecule has 1 amide bonds. The van der Waals surface area contributed by atoms with Crippen molar-refractivity contribution in [3.05, 3.63) is 105 Å². The van der Waals surface area contributed by atoms with E-state index < -0.39 is 0 Å². The molecule has 0 aliphatic heterocycles. The number of hydrogen-bond donors (Lipinski definition) is 0. The van der Waals surface area contributed by atoms with Crippen molar-refractivity contribution in [1.82, 2.24) is 4.90 Å². The number of carbonyl (C=O) groups excluding carboxylic acids is 2. The van der Waals surface area contributed by atoms with Crippen molar-refractivity contribution in [2.75, 3.05) is 0 Å². The molecule has 4 heteroatoms. The average Bonchev–Trinajstić information content (AvgIpc) is 2.71. The van der Waals surface area contributed by atoms with Crippen LogP contribution in [0.5, 0.6) is 0 Å². The Morgan fingerprint density at radius 2 is 1.16 bits per heavy atom. The predicted molar refractivity (Wildman–Crippen MR) is 127 cm³/mol. The van der Waals surface area contributed by atoms with E-state index in [2.05, 4.69) is 32.0 Å². The average molecular weight is 430 g/mol. The standard InChI is InChI=1S/C28H31NO3/c1-19-10-20(2)13-26(12-19)17-29(23(5)30)16-24-6-8-25(9-7-24)18-32-28(31)27-14-21(3)11-22(4)15-27/h6-15H,16-18H2,1-5H3. The maximum absolute atomic E-state index is 12.4. The lowest BCUT2D eigenvalue weighted by atomic mass is 10.1. The van der Waals surface area contributed by atoms with Crippen LogP contribution in [0.2, 0.25) is 0 Å². The van der Waals surface area contributed by atoms with E-state index >= 15 is 0 Å². The third kappa shape index (κ3) is 6.55. The second-order valence-corrected chi connectivity index (χ2v) is 8.64. The molecule has 0 bridgehead atoms. The third-order valence-corrected chi connectivity index (χ3v) is 5.32. The molecule has 32 heavy (non-hydrogen) atoms. The van der Waals surface area contributed by atoms with Gasteiger partial charge in [-0.15, -0.1) is 0 Å². The van der Waals surface area contributed by atoms with Crippen LogP contribution in [0.4, 0.5) is 0 Å². The molecule has 0 saturated heterocycles. The minimum Gasteiger partial charge on any atom is -0.457 e. The fourth-order valence-electron chi connectivity index (χ4n) is 3.95.